The van der Waals surface area contributed by atoms with Gasteiger partial charge in [-0.2, -0.15) is 8.42 Å². The van der Waals surface area contributed by atoms with Crippen LogP contribution >= 0.6 is 0 Å². The van der Waals surface area contributed by atoms with Crippen molar-refractivity contribution in [2.45, 2.75) is 5.25 Å². The maximum absolute atomic E-state index is 12.3. The zero-order valence-corrected chi connectivity index (χ0v) is 10.6. The Hall–Kier alpha value is -1.98. The van der Waals surface area contributed by atoms with Crippen LogP contribution in [-0.2, 0) is 10.1 Å². The predicted octanol–water partition coefficient (Wildman–Crippen LogP) is 2.21. The Kier molecular flexibility index (Phi) is 2.55. The van der Waals surface area contributed by atoms with Gasteiger partial charge in [0.05, 0.1) is 0 Å². The lowest BCUT2D eigenvalue weighted by Crippen LogP contribution is -2.24. The van der Waals surface area contributed by atoms with E-state index in [1.54, 1.807) is 48.5 Å². The lowest BCUT2D eigenvalue weighted by atomic mass is 9.85. The van der Waals surface area contributed by atoms with Gasteiger partial charge in [-0.05, 0) is 11.1 Å². The summed E-state index contributed by atoms with van der Waals surface area (Å²) in [5.41, 5.74) is 1.30. The van der Waals surface area contributed by atoms with E-state index in [-0.39, 0.29) is 5.78 Å². The van der Waals surface area contributed by atoms with E-state index in [2.05, 4.69) is 0 Å². The Bertz CT molecular complexity index is 728. The molecule has 96 valence electrons. The van der Waals surface area contributed by atoms with Crippen molar-refractivity contribution in [1.82, 2.24) is 0 Å². The molecule has 0 saturated heterocycles. The van der Waals surface area contributed by atoms with Crippen LogP contribution in [0, 0.1) is 0 Å². The number of carbonyl (C=O) groups is 1. The van der Waals surface area contributed by atoms with Crippen LogP contribution in [0.1, 0.15) is 32.3 Å². The molecule has 0 saturated carbocycles. The van der Waals surface area contributed by atoms with Gasteiger partial charge in [-0.3, -0.25) is 9.35 Å². The highest BCUT2D eigenvalue weighted by atomic mass is 32.2. The van der Waals surface area contributed by atoms with Crippen molar-refractivity contribution in [3.8, 4) is 0 Å². The molecule has 0 radical (unpaired) electrons. The zero-order chi connectivity index (χ0) is 13.6. The lowest BCUT2D eigenvalue weighted by Gasteiger charge is -2.25. The maximum atomic E-state index is 12.3. The number of hydrogen-bond acceptors (Lipinski definition) is 3. The molecule has 0 bridgehead atoms. The Morgan fingerprint density at radius 2 is 1.26 bits per heavy atom. The van der Waals surface area contributed by atoms with Gasteiger partial charge in [-0.15, -0.1) is 0 Å². The molecule has 3 rings (SSSR count). The van der Waals surface area contributed by atoms with Crippen molar-refractivity contribution in [3.05, 3.63) is 70.8 Å². The molecule has 0 atom stereocenters. The van der Waals surface area contributed by atoms with E-state index in [1.165, 1.54) is 0 Å². The molecule has 5 heteroatoms. The number of ketones is 1. The van der Waals surface area contributed by atoms with Crippen molar-refractivity contribution in [1.29, 1.82) is 0 Å². The number of benzene rings is 2. The molecular formula is C14H10O4S. The molecule has 0 fully saturated rings. The summed E-state index contributed by atoms with van der Waals surface area (Å²) >= 11 is 0. The molecule has 0 unspecified atom stereocenters. The maximum Gasteiger partial charge on any atom is 0.276 e. The van der Waals surface area contributed by atoms with Gasteiger partial charge in [0.15, 0.2) is 5.78 Å². The smallest absolute Gasteiger partial charge is 0.276 e. The van der Waals surface area contributed by atoms with Crippen LogP contribution in [0.5, 0.6) is 0 Å². The molecule has 1 aliphatic carbocycles. The predicted molar refractivity (Wildman–Crippen MR) is 69.7 cm³/mol. The third kappa shape index (κ3) is 1.78. The molecule has 4 nitrogen and oxygen atoms in total. The summed E-state index contributed by atoms with van der Waals surface area (Å²) in [5, 5.41) is -1.20. The monoisotopic (exact) mass is 274 g/mol. The highest BCUT2D eigenvalue weighted by Crippen LogP contribution is 2.39. The van der Waals surface area contributed by atoms with Crippen LogP contribution in [0.2, 0.25) is 0 Å². The van der Waals surface area contributed by atoms with Crippen LogP contribution in [-0.4, -0.2) is 18.8 Å². The summed E-state index contributed by atoms with van der Waals surface area (Å²) in [6.07, 6.45) is 0. The standard InChI is InChI=1S/C14H10O4S/c15-13-9-5-1-3-7-11(9)14(19(16,17)18)12-8-4-2-6-10(12)13/h1-8,14H,(H,16,17,18). The van der Waals surface area contributed by atoms with Crippen LogP contribution in [0.3, 0.4) is 0 Å². The minimum atomic E-state index is -4.33. The fourth-order valence-corrected chi connectivity index (χ4v) is 3.55. The molecule has 1 N–H and O–H groups in total. The molecule has 19 heavy (non-hydrogen) atoms. The number of fused-ring (bicyclic) bond motifs is 2. The summed E-state index contributed by atoms with van der Waals surface area (Å²) in [5.74, 6) is -0.217. The molecule has 2 aromatic carbocycles. The fraction of sp³-hybridized carbons (Fsp3) is 0.0714. The van der Waals surface area contributed by atoms with Crippen LogP contribution in [0.4, 0.5) is 0 Å². The first-order valence-corrected chi connectivity index (χ1v) is 7.19. The Morgan fingerprint density at radius 1 is 0.842 bits per heavy atom. The number of rotatable bonds is 1. The summed E-state index contributed by atoms with van der Waals surface area (Å²) in [6.45, 7) is 0. The van der Waals surface area contributed by atoms with Crippen LogP contribution < -0.4 is 0 Å². The average molecular weight is 274 g/mol. The van der Waals surface area contributed by atoms with Crippen molar-refractivity contribution in [2.24, 2.45) is 0 Å². The number of carbonyl (C=O) groups excluding carboxylic acids is 1. The van der Waals surface area contributed by atoms with E-state index in [0.717, 1.165) is 0 Å². The van der Waals surface area contributed by atoms with Gasteiger partial charge >= 0.3 is 0 Å². The Labute approximate surface area is 110 Å². The van der Waals surface area contributed by atoms with Crippen molar-refractivity contribution in [2.75, 3.05) is 0 Å². The summed E-state index contributed by atoms with van der Waals surface area (Å²) in [4.78, 5) is 12.3. The van der Waals surface area contributed by atoms with E-state index >= 15 is 0 Å². The van der Waals surface area contributed by atoms with Gasteiger partial charge < -0.3 is 0 Å². The molecule has 1 aliphatic rings. The molecule has 0 aromatic heterocycles. The SMILES string of the molecule is O=C1c2ccccc2C(S(=O)(=O)O)c2ccccc21. The van der Waals surface area contributed by atoms with Crippen molar-refractivity contribution >= 4 is 15.9 Å². The second-order valence-corrected chi connectivity index (χ2v) is 5.90. The van der Waals surface area contributed by atoms with E-state index in [1.807, 2.05) is 0 Å². The van der Waals surface area contributed by atoms with Crippen LogP contribution in [0.15, 0.2) is 48.5 Å². The van der Waals surface area contributed by atoms with E-state index in [0.29, 0.717) is 22.3 Å². The molecule has 2 aromatic rings. The second kappa shape index (κ2) is 4.01. The molecule has 0 spiro atoms. The second-order valence-electron chi connectivity index (χ2n) is 4.40. The van der Waals surface area contributed by atoms with Gasteiger partial charge in [0.1, 0.15) is 5.25 Å². The minimum absolute atomic E-state index is 0.217. The third-order valence-corrected chi connectivity index (χ3v) is 4.38. The highest BCUT2D eigenvalue weighted by molar-refractivity contribution is 7.86. The fourth-order valence-electron chi connectivity index (χ4n) is 2.50. The first-order chi connectivity index (χ1) is 9.00. The first-order valence-electron chi connectivity index (χ1n) is 5.69. The lowest BCUT2D eigenvalue weighted by molar-refractivity contribution is 0.103. The van der Waals surface area contributed by atoms with Gasteiger partial charge in [-0.25, -0.2) is 0 Å². The summed E-state index contributed by atoms with van der Waals surface area (Å²) in [6, 6.07) is 12.9. The van der Waals surface area contributed by atoms with Gasteiger partial charge in [0, 0.05) is 11.1 Å². The summed E-state index contributed by atoms with van der Waals surface area (Å²) < 4.78 is 32.8. The zero-order valence-electron chi connectivity index (χ0n) is 9.78. The largest absolute Gasteiger partial charge is 0.289 e. The minimum Gasteiger partial charge on any atom is -0.289 e. The summed E-state index contributed by atoms with van der Waals surface area (Å²) in [7, 11) is -4.33. The molecule has 0 amide bonds. The van der Waals surface area contributed by atoms with Crippen molar-refractivity contribution in [3.63, 3.8) is 0 Å². The highest BCUT2D eigenvalue weighted by Gasteiger charge is 2.37. The normalized spacial score (nSPS) is 14.9. The van der Waals surface area contributed by atoms with E-state index in [9.17, 15) is 17.8 Å². The van der Waals surface area contributed by atoms with Crippen LogP contribution in [0.25, 0.3) is 0 Å². The molecule has 0 heterocycles. The van der Waals surface area contributed by atoms with E-state index in [4.69, 9.17) is 0 Å². The molecular weight excluding hydrogens is 264 g/mol. The first kappa shape index (κ1) is 12.1. The Morgan fingerprint density at radius 3 is 1.68 bits per heavy atom. The quantitative estimate of drug-likeness (QED) is 0.809. The average Bonchev–Trinajstić information content (AvgIpc) is 2.38. The van der Waals surface area contributed by atoms with Gasteiger partial charge in [0.2, 0.25) is 0 Å². The van der Waals surface area contributed by atoms with E-state index < -0.39 is 15.4 Å². The topological polar surface area (TPSA) is 71.4 Å². The number of hydrogen-bond donors (Lipinski definition) is 1. The van der Waals surface area contributed by atoms with Crippen molar-refractivity contribution < 1.29 is 17.8 Å². The van der Waals surface area contributed by atoms with Gasteiger partial charge in [-0.1, -0.05) is 48.5 Å². The molecule has 0 aliphatic heterocycles. The Balaban J connectivity index is 2.39. The van der Waals surface area contributed by atoms with Gasteiger partial charge in [0.25, 0.3) is 10.1 Å². The third-order valence-electron chi connectivity index (χ3n) is 3.27.